The Labute approximate surface area is 208 Å². The molecule has 1 fully saturated rings. The van der Waals surface area contributed by atoms with E-state index in [1.54, 1.807) is 13.2 Å². The van der Waals surface area contributed by atoms with Gasteiger partial charge < -0.3 is 24.3 Å². The van der Waals surface area contributed by atoms with Gasteiger partial charge in [-0.2, -0.15) is 0 Å². The number of nitrogens with one attached hydrogen (secondary N) is 1. The molecule has 3 aromatic rings. The summed E-state index contributed by atoms with van der Waals surface area (Å²) in [5.74, 6) is 1.45. The number of anilines is 2. The van der Waals surface area contributed by atoms with Crippen LogP contribution in [-0.2, 0) is 4.79 Å². The largest absolute Gasteiger partial charge is 0.497 e. The van der Waals surface area contributed by atoms with Crippen LogP contribution in [0.25, 0.3) is 0 Å². The highest BCUT2D eigenvalue weighted by Gasteiger charge is 2.22. The molecular formula is C25H29N5O4S. The Morgan fingerprint density at radius 3 is 2.49 bits per heavy atom. The van der Waals surface area contributed by atoms with Crippen molar-refractivity contribution >= 4 is 35.0 Å². The van der Waals surface area contributed by atoms with Crippen LogP contribution < -0.4 is 15.0 Å². The number of methoxy groups -OCH3 is 1. The molecule has 184 valence electrons. The van der Waals surface area contributed by atoms with Gasteiger partial charge in [-0.25, -0.2) is 0 Å². The van der Waals surface area contributed by atoms with Crippen molar-refractivity contribution in [1.29, 1.82) is 0 Å². The van der Waals surface area contributed by atoms with Gasteiger partial charge in [0, 0.05) is 49.0 Å². The zero-order valence-corrected chi connectivity index (χ0v) is 20.9. The molecule has 1 saturated heterocycles. The van der Waals surface area contributed by atoms with Gasteiger partial charge in [0.2, 0.25) is 11.8 Å². The number of ether oxygens (including phenoxy) is 1. The second kappa shape index (κ2) is 11.3. The topological polar surface area (TPSA) is 101 Å². The number of nitrogens with zero attached hydrogens (tertiary/aromatic N) is 4. The van der Waals surface area contributed by atoms with Crippen molar-refractivity contribution in [3.63, 3.8) is 0 Å². The number of thioether (sulfide) groups is 1. The van der Waals surface area contributed by atoms with Crippen LogP contribution in [0, 0.1) is 0 Å². The fourth-order valence-electron chi connectivity index (χ4n) is 3.70. The van der Waals surface area contributed by atoms with E-state index in [1.807, 2.05) is 61.2 Å². The summed E-state index contributed by atoms with van der Waals surface area (Å²) in [6.07, 6.45) is 0. The van der Waals surface area contributed by atoms with Crippen molar-refractivity contribution in [2.24, 2.45) is 0 Å². The first-order valence-corrected chi connectivity index (χ1v) is 12.5. The molecule has 1 aromatic heterocycles. The van der Waals surface area contributed by atoms with Gasteiger partial charge in [-0.1, -0.05) is 31.7 Å². The summed E-state index contributed by atoms with van der Waals surface area (Å²) in [6.45, 7) is 6.70. The molecule has 4 rings (SSSR count). The van der Waals surface area contributed by atoms with E-state index in [1.165, 1.54) is 11.8 Å². The highest BCUT2D eigenvalue weighted by Crippen LogP contribution is 2.23. The summed E-state index contributed by atoms with van der Waals surface area (Å²) in [7, 11) is 1.59. The second-order valence-corrected chi connectivity index (χ2v) is 9.38. The van der Waals surface area contributed by atoms with E-state index in [0.29, 0.717) is 35.5 Å². The van der Waals surface area contributed by atoms with E-state index in [2.05, 4.69) is 20.4 Å². The number of rotatable bonds is 8. The summed E-state index contributed by atoms with van der Waals surface area (Å²) in [4.78, 5) is 29.2. The molecule has 35 heavy (non-hydrogen) atoms. The highest BCUT2D eigenvalue weighted by atomic mass is 32.2. The molecule has 0 spiro atoms. The molecule has 2 aromatic carbocycles. The molecule has 2 amide bonds. The summed E-state index contributed by atoms with van der Waals surface area (Å²) >= 11 is 1.22. The average molecular weight is 496 g/mol. The lowest BCUT2D eigenvalue weighted by Gasteiger charge is -2.36. The van der Waals surface area contributed by atoms with Crippen LogP contribution in [0.2, 0.25) is 0 Å². The predicted molar refractivity (Wildman–Crippen MR) is 135 cm³/mol. The smallest absolute Gasteiger partial charge is 0.277 e. The monoisotopic (exact) mass is 495 g/mol. The Hall–Kier alpha value is -3.53. The summed E-state index contributed by atoms with van der Waals surface area (Å²) in [5, 5.41) is 11.2. The Morgan fingerprint density at radius 1 is 1.09 bits per heavy atom. The zero-order chi connectivity index (χ0) is 24.8. The van der Waals surface area contributed by atoms with Crippen LogP contribution in [0.1, 0.15) is 36.0 Å². The molecule has 1 aliphatic rings. The van der Waals surface area contributed by atoms with Crippen LogP contribution in [0.3, 0.4) is 0 Å². The maximum atomic E-state index is 12.8. The number of carbonyl (C=O) groups excluding carboxylic acids is 2. The Bertz CT molecular complexity index is 1160. The molecule has 10 heteroatoms. The number of hydrogen-bond acceptors (Lipinski definition) is 8. The third-order valence-electron chi connectivity index (χ3n) is 5.64. The number of hydrogen-bond donors (Lipinski definition) is 1. The minimum Gasteiger partial charge on any atom is -0.497 e. The third kappa shape index (κ3) is 6.33. The van der Waals surface area contributed by atoms with Gasteiger partial charge in [0.15, 0.2) is 0 Å². The van der Waals surface area contributed by atoms with E-state index in [0.717, 1.165) is 24.5 Å². The lowest BCUT2D eigenvalue weighted by atomic mass is 10.1. The quantitative estimate of drug-likeness (QED) is 0.470. The third-order valence-corrected chi connectivity index (χ3v) is 6.46. The average Bonchev–Trinajstić information content (AvgIpc) is 3.37. The number of aromatic nitrogens is 2. The first kappa shape index (κ1) is 24.6. The van der Waals surface area contributed by atoms with Crippen molar-refractivity contribution < 1.29 is 18.7 Å². The predicted octanol–water partition coefficient (Wildman–Crippen LogP) is 3.89. The number of carbonyl (C=O) groups is 2. The van der Waals surface area contributed by atoms with Gasteiger partial charge in [-0.3, -0.25) is 9.59 Å². The number of amides is 2. The van der Waals surface area contributed by atoms with Crippen molar-refractivity contribution in [2.45, 2.75) is 25.0 Å². The molecule has 0 aliphatic carbocycles. The van der Waals surface area contributed by atoms with Gasteiger partial charge in [0.25, 0.3) is 11.1 Å². The van der Waals surface area contributed by atoms with Crippen LogP contribution in [0.4, 0.5) is 11.4 Å². The molecule has 0 bridgehead atoms. The summed E-state index contributed by atoms with van der Waals surface area (Å²) in [6, 6.07) is 15.0. The molecule has 2 heterocycles. The fourth-order valence-corrected chi connectivity index (χ4v) is 4.27. The highest BCUT2D eigenvalue weighted by molar-refractivity contribution is 7.99. The minimum atomic E-state index is -0.142. The molecule has 1 N–H and O–H groups in total. The first-order chi connectivity index (χ1) is 16.9. The molecule has 0 atom stereocenters. The van der Waals surface area contributed by atoms with Crippen molar-refractivity contribution in [1.82, 2.24) is 15.1 Å². The minimum absolute atomic E-state index is 0.0143. The van der Waals surface area contributed by atoms with Crippen molar-refractivity contribution in [3.8, 4) is 5.75 Å². The Balaban J connectivity index is 1.25. The van der Waals surface area contributed by atoms with Crippen LogP contribution in [-0.4, -0.2) is 66.0 Å². The van der Waals surface area contributed by atoms with E-state index in [4.69, 9.17) is 9.15 Å². The van der Waals surface area contributed by atoms with Crippen LogP contribution in [0.5, 0.6) is 5.75 Å². The van der Waals surface area contributed by atoms with Crippen molar-refractivity contribution in [2.75, 3.05) is 49.3 Å². The maximum Gasteiger partial charge on any atom is 0.277 e. The fraction of sp³-hybridized carbons (Fsp3) is 0.360. The van der Waals surface area contributed by atoms with E-state index in [-0.39, 0.29) is 23.5 Å². The van der Waals surface area contributed by atoms with E-state index < -0.39 is 0 Å². The molecular weight excluding hydrogens is 466 g/mol. The number of piperazine rings is 1. The van der Waals surface area contributed by atoms with Crippen molar-refractivity contribution in [3.05, 3.63) is 60.0 Å². The zero-order valence-electron chi connectivity index (χ0n) is 20.1. The Morgan fingerprint density at radius 2 is 1.83 bits per heavy atom. The molecule has 1 aliphatic heterocycles. The Kier molecular flexibility index (Phi) is 7.91. The molecule has 9 nitrogen and oxygen atoms in total. The maximum absolute atomic E-state index is 12.8. The van der Waals surface area contributed by atoms with Crippen LogP contribution in [0.15, 0.2) is 58.2 Å². The van der Waals surface area contributed by atoms with E-state index >= 15 is 0 Å². The normalized spacial score (nSPS) is 13.7. The van der Waals surface area contributed by atoms with Gasteiger partial charge >= 0.3 is 0 Å². The van der Waals surface area contributed by atoms with Gasteiger partial charge in [0.05, 0.1) is 12.9 Å². The van der Waals surface area contributed by atoms with Gasteiger partial charge in [0.1, 0.15) is 5.75 Å². The molecule has 0 saturated carbocycles. The van der Waals surface area contributed by atoms with Gasteiger partial charge in [-0.05, 0) is 42.5 Å². The summed E-state index contributed by atoms with van der Waals surface area (Å²) in [5.41, 5.74) is 2.41. The molecule has 0 radical (unpaired) electrons. The molecule has 0 unspecified atom stereocenters. The van der Waals surface area contributed by atoms with Crippen LogP contribution >= 0.6 is 11.8 Å². The SMILES string of the molecule is COc1cccc(C(=O)N2CCN(c3ccc(NC(=O)CSc4nnc(C(C)C)o4)cc3)CC2)c1. The van der Waals surface area contributed by atoms with Gasteiger partial charge in [-0.15, -0.1) is 10.2 Å². The lowest BCUT2D eigenvalue weighted by Crippen LogP contribution is -2.48. The second-order valence-electron chi connectivity index (χ2n) is 8.46. The first-order valence-electron chi connectivity index (χ1n) is 11.5. The number of benzene rings is 2. The summed E-state index contributed by atoms with van der Waals surface area (Å²) < 4.78 is 10.7. The van der Waals surface area contributed by atoms with E-state index in [9.17, 15) is 9.59 Å². The standard InChI is InChI=1S/C25H29N5O4S/c1-17(2)23-27-28-25(34-23)35-16-22(31)26-19-7-9-20(10-8-19)29-11-13-30(14-12-29)24(32)18-5-4-6-21(15-18)33-3/h4-10,15,17H,11-14,16H2,1-3H3,(H,26,31). The lowest BCUT2D eigenvalue weighted by molar-refractivity contribution is -0.113.